The maximum absolute atomic E-state index is 12.6. The van der Waals surface area contributed by atoms with Crippen molar-refractivity contribution in [2.24, 2.45) is 5.92 Å². The fraction of sp³-hybridized carbons (Fsp3) is 0.478. The van der Waals surface area contributed by atoms with Crippen molar-refractivity contribution >= 4 is 17.4 Å². The number of anilines is 1. The van der Waals surface area contributed by atoms with Gasteiger partial charge in [0.1, 0.15) is 11.9 Å². The highest BCUT2D eigenvalue weighted by molar-refractivity contribution is 5.81. The lowest BCUT2D eigenvalue weighted by atomic mass is 9.96. The quantitative estimate of drug-likeness (QED) is 0.696. The summed E-state index contributed by atoms with van der Waals surface area (Å²) in [6.07, 6.45) is 0.234. The van der Waals surface area contributed by atoms with Gasteiger partial charge < -0.3 is 15.0 Å². The van der Waals surface area contributed by atoms with E-state index >= 15 is 0 Å². The van der Waals surface area contributed by atoms with Crippen LogP contribution in [0.3, 0.4) is 0 Å². The molecule has 1 amide bonds. The molecule has 1 saturated heterocycles. The average Bonchev–Trinajstić information content (AvgIpc) is 3.16. The smallest absolute Gasteiger partial charge is 0.249 e. The van der Waals surface area contributed by atoms with Gasteiger partial charge >= 0.3 is 0 Å². The van der Waals surface area contributed by atoms with E-state index in [0.29, 0.717) is 25.5 Å². The molecule has 1 N–H and O–H groups in total. The Morgan fingerprint density at radius 3 is 2.68 bits per heavy atom. The highest BCUT2D eigenvalue weighted by atomic mass is 16.5. The van der Waals surface area contributed by atoms with E-state index in [1.807, 2.05) is 28.8 Å². The zero-order chi connectivity index (χ0) is 21.6. The van der Waals surface area contributed by atoms with Crippen LogP contribution in [0.2, 0.25) is 0 Å². The second kappa shape index (κ2) is 7.60. The van der Waals surface area contributed by atoms with Crippen LogP contribution >= 0.6 is 0 Å². The van der Waals surface area contributed by atoms with Crippen molar-refractivity contribution in [1.29, 1.82) is 0 Å². The van der Waals surface area contributed by atoms with E-state index in [4.69, 9.17) is 9.84 Å². The second-order valence-corrected chi connectivity index (χ2v) is 9.52. The SMILES string of the molecule is CC(C)(C)c1nnc2ccc(N3CC(CNC(=O)C4Cc5ccccc5CO4)C3)nn12. The average molecular weight is 421 g/mol. The van der Waals surface area contributed by atoms with Crippen LogP contribution < -0.4 is 10.2 Å². The number of aromatic nitrogens is 4. The summed E-state index contributed by atoms with van der Waals surface area (Å²) in [5.74, 6) is 2.14. The Labute approximate surface area is 181 Å². The largest absolute Gasteiger partial charge is 0.363 e. The molecule has 0 saturated carbocycles. The van der Waals surface area contributed by atoms with Gasteiger partial charge in [0.25, 0.3) is 0 Å². The molecule has 0 radical (unpaired) electrons. The van der Waals surface area contributed by atoms with Gasteiger partial charge in [-0.3, -0.25) is 4.79 Å². The lowest BCUT2D eigenvalue weighted by molar-refractivity contribution is -0.134. The zero-order valence-electron chi connectivity index (χ0n) is 18.2. The summed E-state index contributed by atoms with van der Waals surface area (Å²) in [6, 6.07) is 12.1. The van der Waals surface area contributed by atoms with Gasteiger partial charge in [-0.2, -0.15) is 4.52 Å². The highest BCUT2D eigenvalue weighted by Gasteiger charge is 2.31. The molecule has 8 heteroatoms. The molecule has 3 aromatic rings. The lowest BCUT2D eigenvalue weighted by Gasteiger charge is -2.40. The number of nitrogens with one attached hydrogen (secondary N) is 1. The summed E-state index contributed by atoms with van der Waals surface area (Å²) < 4.78 is 7.60. The van der Waals surface area contributed by atoms with E-state index in [1.165, 1.54) is 11.1 Å². The Morgan fingerprint density at radius 2 is 1.90 bits per heavy atom. The molecule has 2 aliphatic rings. The third kappa shape index (κ3) is 3.87. The van der Waals surface area contributed by atoms with Gasteiger partial charge in [-0.05, 0) is 23.3 Å². The summed E-state index contributed by atoms with van der Waals surface area (Å²) in [5, 5.41) is 16.4. The Morgan fingerprint density at radius 1 is 1.13 bits per heavy atom. The van der Waals surface area contributed by atoms with Gasteiger partial charge in [0.2, 0.25) is 5.91 Å². The number of carbonyl (C=O) groups excluding carboxylic acids is 1. The van der Waals surface area contributed by atoms with Crippen molar-refractivity contribution in [2.45, 2.75) is 45.3 Å². The number of ether oxygens (including phenoxy) is 1. The lowest BCUT2D eigenvalue weighted by Crippen LogP contribution is -2.53. The third-order valence-corrected chi connectivity index (χ3v) is 6.02. The van der Waals surface area contributed by atoms with Crippen molar-refractivity contribution in [1.82, 2.24) is 25.1 Å². The standard InChI is InChI=1S/C23H28N6O2/c1-23(2,3)22-26-25-19-8-9-20(27-29(19)22)28-12-15(13-28)11-24-21(30)18-10-16-6-4-5-7-17(16)14-31-18/h4-9,15,18H,10-14H2,1-3H3,(H,24,30). The fourth-order valence-electron chi connectivity index (χ4n) is 4.18. The van der Waals surface area contributed by atoms with Gasteiger partial charge in [0, 0.05) is 37.4 Å². The van der Waals surface area contributed by atoms with Gasteiger partial charge in [-0.25, -0.2) is 0 Å². The van der Waals surface area contributed by atoms with Crippen LogP contribution in [0, 0.1) is 5.92 Å². The van der Waals surface area contributed by atoms with Crippen LogP contribution in [0.25, 0.3) is 5.65 Å². The van der Waals surface area contributed by atoms with Crippen molar-refractivity contribution in [3.8, 4) is 0 Å². The third-order valence-electron chi connectivity index (χ3n) is 6.02. The van der Waals surface area contributed by atoms with Crippen LogP contribution in [-0.4, -0.2) is 51.5 Å². The molecule has 2 aliphatic heterocycles. The fourth-order valence-corrected chi connectivity index (χ4v) is 4.18. The zero-order valence-corrected chi connectivity index (χ0v) is 18.2. The van der Waals surface area contributed by atoms with Crippen LogP contribution in [0.5, 0.6) is 0 Å². The summed E-state index contributed by atoms with van der Waals surface area (Å²) in [4.78, 5) is 14.8. The molecule has 8 nitrogen and oxygen atoms in total. The van der Waals surface area contributed by atoms with Crippen molar-refractivity contribution in [2.75, 3.05) is 24.5 Å². The van der Waals surface area contributed by atoms with Crippen molar-refractivity contribution < 1.29 is 9.53 Å². The number of nitrogens with zero attached hydrogens (tertiary/aromatic N) is 5. The Bertz CT molecular complexity index is 1110. The number of hydrogen-bond donors (Lipinski definition) is 1. The molecule has 5 rings (SSSR count). The maximum Gasteiger partial charge on any atom is 0.249 e. The van der Waals surface area contributed by atoms with E-state index in [1.54, 1.807) is 0 Å². The molecule has 1 atom stereocenters. The number of amides is 1. The minimum Gasteiger partial charge on any atom is -0.363 e. The van der Waals surface area contributed by atoms with E-state index in [9.17, 15) is 4.79 Å². The van der Waals surface area contributed by atoms with Crippen LogP contribution in [-0.2, 0) is 28.0 Å². The summed E-state index contributed by atoms with van der Waals surface area (Å²) in [7, 11) is 0. The Kier molecular flexibility index (Phi) is 4.89. The molecule has 1 unspecified atom stereocenters. The normalized spacial score (nSPS) is 19.2. The minimum atomic E-state index is -0.403. The first-order valence-electron chi connectivity index (χ1n) is 10.8. The van der Waals surface area contributed by atoms with Crippen molar-refractivity contribution in [3.05, 3.63) is 53.3 Å². The molecule has 31 heavy (non-hydrogen) atoms. The molecule has 0 bridgehead atoms. The van der Waals surface area contributed by atoms with E-state index in [0.717, 1.165) is 30.4 Å². The first-order chi connectivity index (χ1) is 14.9. The van der Waals surface area contributed by atoms with Gasteiger partial charge in [-0.15, -0.1) is 15.3 Å². The summed E-state index contributed by atoms with van der Waals surface area (Å²) in [6.45, 7) is 9.19. The maximum atomic E-state index is 12.6. The predicted octanol–water partition coefficient (Wildman–Crippen LogP) is 2.12. The molecule has 0 spiro atoms. The van der Waals surface area contributed by atoms with Crippen LogP contribution in [0.4, 0.5) is 5.82 Å². The first kappa shape index (κ1) is 19.9. The summed E-state index contributed by atoms with van der Waals surface area (Å²) in [5.41, 5.74) is 3.00. The Hall–Kier alpha value is -3.00. The van der Waals surface area contributed by atoms with Crippen LogP contribution in [0.1, 0.15) is 37.7 Å². The second-order valence-electron chi connectivity index (χ2n) is 9.52. The molecular formula is C23H28N6O2. The number of rotatable bonds is 4. The molecule has 2 aromatic heterocycles. The van der Waals surface area contributed by atoms with Gasteiger partial charge in [0.05, 0.1) is 6.61 Å². The first-order valence-corrected chi connectivity index (χ1v) is 10.8. The van der Waals surface area contributed by atoms with Crippen molar-refractivity contribution in [3.63, 3.8) is 0 Å². The molecule has 1 fully saturated rings. The van der Waals surface area contributed by atoms with E-state index in [-0.39, 0.29) is 11.3 Å². The topological polar surface area (TPSA) is 84.7 Å². The van der Waals surface area contributed by atoms with Crippen LogP contribution in [0.15, 0.2) is 36.4 Å². The Balaban J connectivity index is 1.15. The van der Waals surface area contributed by atoms with E-state index < -0.39 is 6.10 Å². The minimum absolute atomic E-state index is 0.0215. The summed E-state index contributed by atoms with van der Waals surface area (Å²) >= 11 is 0. The van der Waals surface area contributed by atoms with Gasteiger partial charge in [-0.1, -0.05) is 45.0 Å². The molecule has 162 valence electrons. The van der Waals surface area contributed by atoms with E-state index in [2.05, 4.69) is 53.3 Å². The highest BCUT2D eigenvalue weighted by Crippen LogP contribution is 2.25. The molecule has 1 aromatic carbocycles. The number of hydrogen-bond acceptors (Lipinski definition) is 6. The molecule has 4 heterocycles. The monoisotopic (exact) mass is 420 g/mol. The molecule has 0 aliphatic carbocycles. The number of carbonyl (C=O) groups is 1. The molecular weight excluding hydrogens is 392 g/mol. The predicted molar refractivity (Wildman–Crippen MR) is 117 cm³/mol. The van der Waals surface area contributed by atoms with Gasteiger partial charge in [0.15, 0.2) is 11.5 Å². The number of benzene rings is 1. The number of fused-ring (bicyclic) bond motifs is 2.